The molecule has 9 heteroatoms. The van der Waals surface area contributed by atoms with Crippen LogP contribution in [0, 0.1) is 11.8 Å². The summed E-state index contributed by atoms with van der Waals surface area (Å²) in [6.45, 7) is 5.07. The second-order valence-electron chi connectivity index (χ2n) is 8.23. The van der Waals surface area contributed by atoms with Gasteiger partial charge >= 0.3 is 5.97 Å². The van der Waals surface area contributed by atoms with Crippen molar-refractivity contribution in [3.8, 4) is 0 Å². The third-order valence-corrected chi connectivity index (χ3v) is 6.22. The van der Waals surface area contributed by atoms with Gasteiger partial charge in [0, 0.05) is 36.3 Å². The fraction of sp³-hybridized carbons (Fsp3) is 0.522. The SMILES string of the molecule is COC(=O)C[C@H](C(=O)N1CN(C(C)=O)C[C@H]1C(=O)CCC(=O)c1ccc(Br)cc1)C(C)C. The van der Waals surface area contributed by atoms with Gasteiger partial charge in [0.25, 0.3) is 0 Å². The topological polar surface area (TPSA) is 101 Å². The molecule has 1 aliphatic heterocycles. The number of carbonyl (C=O) groups is 5. The van der Waals surface area contributed by atoms with E-state index in [9.17, 15) is 24.0 Å². The van der Waals surface area contributed by atoms with Gasteiger partial charge in [-0.1, -0.05) is 41.9 Å². The van der Waals surface area contributed by atoms with Crippen LogP contribution in [0.4, 0.5) is 0 Å². The van der Waals surface area contributed by atoms with Gasteiger partial charge in [-0.3, -0.25) is 24.0 Å². The van der Waals surface area contributed by atoms with Crippen LogP contribution >= 0.6 is 15.9 Å². The molecule has 1 heterocycles. The first-order valence-corrected chi connectivity index (χ1v) is 11.3. The number of hydrogen-bond donors (Lipinski definition) is 0. The molecule has 2 rings (SSSR count). The van der Waals surface area contributed by atoms with Gasteiger partial charge in [-0.15, -0.1) is 0 Å². The third-order valence-electron chi connectivity index (χ3n) is 5.69. The summed E-state index contributed by atoms with van der Waals surface area (Å²) >= 11 is 3.32. The van der Waals surface area contributed by atoms with Crippen molar-refractivity contribution in [1.82, 2.24) is 9.80 Å². The summed E-state index contributed by atoms with van der Waals surface area (Å²) in [6, 6.07) is 6.03. The predicted molar refractivity (Wildman–Crippen MR) is 121 cm³/mol. The maximum absolute atomic E-state index is 13.3. The lowest BCUT2D eigenvalue weighted by atomic mass is 9.90. The Hall–Kier alpha value is -2.55. The fourth-order valence-electron chi connectivity index (χ4n) is 3.64. The van der Waals surface area contributed by atoms with E-state index >= 15 is 0 Å². The summed E-state index contributed by atoms with van der Waals surface area (Å²) in [4.78, 5) is 65.2. The molecule has 1 aliphatic rings. The summed E-state index contributed by atoms with van der Waals surface area (Å²) < 4.78 is 5.56. The lowest BCUT2D eigenvalue weighted by molar-refractivity contribution is -0.149. The van der Waals surface area contributed by atoms with Gasteiger partial charge < -0.3 is 14.5 Å². The van der Waals surface area contributed by atoms with Gasteiger partial charge in [0.2, 0.25) is 11.8 Å². The van der Waals surface area contributed by atoms with E-state index in [1.165, 1.54) is 23.8 Å². The van der Waals surface area contributed by atoms with Crippen molar-refractivity contribution in [3.63, 3.8) is 0 Å². The number of Topliss-reactive ketones (excluding diaryl/α,β-unsaturated/α-hetero) is 2. The molecule has 0 unspecified atom stereocenters. The number of benzene rings is 1. The molecule has 0 aliphatic carbocycles. The molecule has 0 aromatic heterocycles. The summed E-state index contributed by atoms with van der Waals surface area (Å²) in [5, 5.41) is 0. The predicted octanol–water partition coefficient (Wildman–Crippen LogP) is 2.83. The summed E-state index contributed by atoms with van der Waals surface area (Å²) in [5.74, 6) is -2.42. The van der Waals surface area contributed by atoms with Gasteiger partial charge in [-0.25, -0.2) is 0 Å². The van der Waals surface area contributed by atoms with Crippen LogP contribution < -0.4 is 0 Å². The molecule has 1 aromatic carbocycles. The van der Waals surface area contributed by atoms with E-state index in [1.54, 1.807) is 24.3 Å². The number of carbonyl (C=O) groups excluding carboxylic acids is 5. The van der Waals surface area contributed by atoms with Gasteiger partial charge in [-0.05, 0) is 18.1 Å². The molecular formula is C23H29BrN2O6. The molecule has 174 valence electrons. The quantitative estimate of drug-likeness (QED) is 0.375. The molecule has 0 spiro atoms. The molecular weight excluding hydrogens is 480 g/mol. The smallest absolute Gasteiger partial charge is 0.306 e. The lowest BCUT2D eigenvalue weighted by Crippen LogP contribution is -2.46. The number of nitrogens with zero attached hydrogens (tertiary/aromatic N) is 2. The molecule has 32 heavy (non-hydrogen) atoms. The normalized spacial score (nSPS) is 16.8. The Kier molecular flexibility index (Phi) is 9.12. The van der Waals surface area contributed by atoms with E-state index in [1.807, 2.05) is 13.8 Å². The fourth-order valence-corrected chi connectivity index (χ4v) is 3.91. The Morgan fingerprint density at radius 1 is 1.09 bits per heavy atom. The van der Waals surface area contributed by atoms with E-state index in [0.29, 0.717) is 5.56 Å². The largest absolute Gasteiger partial charge is 0.469 e. The molecule has 2 atom stereocenters. The zero-order chi connectivity index (χ0) is 24.0. The van der Waals surface area contributed by atoms with Crippen LogP contribution in [0.3, 0.4) is 0 Å². The highest BCUT2D eigenvalue weighted by Gasteiger charge is 2.42. The molecule has 0 saturated carbocycles. The number of esters is 1. The van der Waals surface area contributed by atoms with Crippen LogP contribution in [0.5, 0.6) is 0 Å². The van der Waals surface area contributed by atoms with Crippen molar-refractivity contribution in [2.75, 3.05) is 20.3 Å². The minimum atomic E-state index is -0.844. The third kappa shape index (κ3) is 6.48. The van der Waals surface area contributed by atoms with Crippen molar-refractivity contribution in [2.45, 2.75) is 46.1 Å². The Labute approximate surface area is 196 Å². The molecule has 0 bridgehead atoms. The lowest BCUT2D eigenvalue weighted by Gasteiger charge is -2.28. The first-order valence-electron chi connectivity index (χ1n) is 10.5. The number of methoxy groups -OCH3 is 1. The van der Waals surface area contributed by atoms with E-state index in [2.05, 4.69) is 15.9 Å². The maximum Gasteiger partial charge on any atom is 0.306 e. The molecule has 0 N–H and O–H groups in total. The van der Waals surface area contributed by atoms with Crippen molar-refractivity contribution < 1.29 is 28.7 Å². The van der Waals surface area contributed by atoms with Gasteiger partial charge in [0.1, 0.15) is 6.04 Å². The summed E-state index contributed by atoms with van der Waals surface area (Å²) in [6.07, 6.45) is -0.139. The number of hydrogen-bond acceptors (Lipinski definition) is 6. The number of ketones is 2. The molecule has 1 saturated heterocycles. The zero-order valence-corrected chi connectivity index (χ0v) is 20.4. The molecule has 8 nitrogen and oxygen atoms in total. The van der Waals surface area contributed by atoms with Gasteiger partial charge in [0.15, 0.2) is 11.6 Å². The van der Waals surface area contributed by atoms with Crippen LogP contribution in [0.2, 0.25) is 0 Å². The van der Waals surface area contributed by atoms with Crippen molar-refractivity contribution in [1.29, 1.82) is 0 Å². The maximum atomic E-state index is 13.3. The first kappa shape index (κ1) is 25.7. The van der Waals surface area contributed by atoms with Crippen LogP contribution in [0.15, 0.2) is 28.7 Å². The second-order valence-corrected chi connectivity index (χ2v) is 9.15. The van der Waals surface area contributed by atoms with Crippen molar-refractivity contribution >= 4 is 45.3 Å². The van der Waals surface area contributed by atoms with Crippen LogP contribution in [0.25, 0.3) is 0 Å². The highest BCUT2D eigenvalue weighted by atomic mass is 79.9. The van der Waals surface area contributed by atoms with Crippen LogP contribution in [-0.2, 0) is 23.9 Å². The standard InChI is InChI=1S/C23H29BrN2O6/c1-14(2)18(11-22(30)32-4)23(31)26-13-25(15(3)27)12-19(26)21(29)10-9-20(28)16-5-7-17(24)8-6-16/h5-8,14,18-19H,9-13H2,1-4H3/t18-,19-/m0/s1. The van der Waals surface area contributed by atoms with E-state index in [0.717, 1.165) is 4.47 Å². The van der Waals surface area contributed by atoms with Gasteiger partial charge in [0.05, 0.1) is 26.1 Å². The number of halogens is 1. The molecule has 1 aromatic rings. The number of amides is 2. The molecule has 0 radical (unpaired) electrons. The second kappa shape index (κ2) is 11.4. The minimum absolute atomic E-state index is 0.00877. The number of rotatable bonds is 9. The Bertz CT molecular complexity index is 883. The van der Waals surface area contributed by atoms with Gasteiger partial charge in [-0.2, -0.15) is 0 Å². The molecule has 1 fully saturated rings. The van der Waals surface area contributed by atoms with E-state index in [-0.39, 0.29) is 61.8 Å². The average Bonchev–Trinajstić information content (AvgIpc) is 3.21. The van der Waals surface area contributed by atoms with Crippen LogP contribution in [-0.4, -0.2) is 65.5 Å². The number of ether oxygens (including phenoxy) is 1. The van der Waals surface area contributed by atoms with Crippen molar-refractivity contribution in [2.24, 2.45) is 11.8 Å². The summed E-state index contributed by atoms with van der Waals surface area (Å²) in [7, 11) is 1.26. The first-order chi connectivity index (χ1) is 15.0. The summed E-state index contributed by atoms with van der Waals surface area (Å²) in [5.41, 5.74) is 0.503. The average molecular weight is 509 g/mol. The minimum Gasteiger partial charge on any atom is -0.469 e. The van der Waals surface area contributed by atoms with E-state index in [4.69, 9.17) is 4.74 Å². The van der Waals surface area contributed by atoms with Crippen molar-refractivity contribution in [3.05, 3.63) is 34.3 Å². The Balaban J connectivity index is 2.14. The van der Waals surface area contributed by atoms with Crippen LogP contribution in [0.1, 0.15) is 50.4 Å². The highest BCUT2D eigenvalue weighted by Crippen LogP contribution is 2.25. The Morgan fingerprint density at radius 3 is 2.25 bits per heavy atom. The van der Waals surface area contributed by atoms with E-state index < -0.39 is 17.9 Å². The Morgan fingerprint density at radius 2 is 1.72 bits per heavy atom. The zero-order valence-electron chi connectivity index (χ0n) is 18.8. The monoisotopic (exact) mass is 508 g/mol. The highest BCUT2D eigenvalue weighted by molar-refractivity contribution is 9.10. The molecule has 2 amide bonds.